The Morgan fingerprint density at radius 3 is 2.04 bits per heavy atom. The van der Waals surface area contributed by atoms with Crippen molar-refractivity contribution in [3.63, 3.8) is 0 Å². The minimum absolute atomic E-state index is 0.202. The van der Waals surface area contributed by atoms with Crippen molar-refractivity contribution in [2.45, 2.75) is 5.92 Å². The van der Waals surface area contributed by atoms with Gasteiger partial charge in [-0.3, -0.25) is 0 Å². The number of nitrogens with zero attached hydrogens (tertiary/aromatic N) is 1. The number of benzene rings is 9. The lowest BCUT2D eigenvalue weighted by Gasteiger charge is -2.16. The molecule has 0 aliphatic heterocycles. The molecule has 2 heterocycles. The molecule has 1 aliphatic carbocycles. The number of para-hydroxylation sites is 1. The summed E-state index contributed by atoms with van der Waals surface area (Å²) in [5, 5.41) is 9.74. The molecule has 0 bridgehead atoms. The number of hydrogen-bond acceptors (Lipinski definition) is 1. The van der Waals surface area contributed by atoms with Crippen molar-refractivity contribution in [1.29, 1.82) is 0 Å². The van der Waals surface area contributed by atoms with E-state index in [4.69, 9.17) is 4.42 Å². The van der Waals surface area contributed by atoms with Crippen molar-refractivity contribution in [2.75, 3.05) is 0 Å². The monoisotopic (exact) mass is 673 g/mol. The van der Waals surface area contributed by atoms with Crippen LogP contribution in [0.3, 0.4) is 0 Å². The smallest absolute Gasteiger partial charge is 0.137 e. The van der Waals surface area contributed by atoms with E-state index >= 15 is 0 Å². The summed E-state index contributed by atoms with van der Waals surface area (Å²) in [5.74, 6) is 0.202. The molecule has 2 nitrogen and oxygen atoms in total. The Morgan fingerprint density at radius 1 is 0.377 bits per heavy atom. The van der Waals surface area contributed by atoms with Crippen LogP contribution in [0.25, 0.3) is 93.2 Å². The van der Waals surface area contributed by atoms with E-state index in [2.05, 4.69) is 180 Å². The highest BCUT2D eigenvalue weighted by Gasteiger charge is 2.30. The van der Waals surface area contributed by atoms with Gasteiger partial charge < -0.3 is 8.98 Å². The van der Waals surface area contributed by atoms with Crippen molar-refractivity contribution in [1.82, 2.24) is 4.57 Å². The van der Waals surface area contributed by atoms with Gasteiger partial charge in [-0.25, -0.2) is 0 Å². The summed E-state index contributed by atoms with van der Waals surface area (Å²) in [4.78, 5) is 0. The minimum atomic E-state index is 0.202. The van der Waals surface area contributed by atoms with Gasteiger partial charge in [0.25, 0.3) is 0 Å². The molecule has 0 spiro atoms. The van der Waals surface area contributed by atoms with Crippen LogP contribution in [0.15, 0.2) is 186 Å². The molecule has 12 rings (SSSR count). The quantitative estimate of drug-likeness (QED) is 0.183. The molecule has 0 fully saturated rings. The Morgan fingerprint density at radius 2 is 1.09 bits per heavy atom. The standard InChI is InChI=1S/C51H31NO/c1-2-12-33-26-36(21-20-31(33)10-1)51-40-17-6-5-15-38(40)42-27-34(22-24-41(42)51)35-23-25-47-43(28-35)44-29-45-39-16-7-8-19-49(39)53-50(45)30-48(44)52(47)46-18-9-13-32-11-3-4-14-37(32)46/h1-30,51H. The molecule has 0 radical (unpaired) electrons. The van der Waals surface area contributed by atoms with Crippen molar-refractivity contribution in [2.24, 2.45) is 0 Å². The van der Waals surface area contributed by atoms with Crippen molar-refractivity contribution >= 4 is 65.3 Å². The maximum Gasteiger partial charge on any atom is 0.137 e. The molecule has 9 aromatic carbocycles. The van der Waals surface area contributed by atoms with Crippen LogP contribution in [-0.4, -0.2) is 4.57 Å². The Kier molecular flexibility index (Phi) is 5.86. The second kappa shape index (κ2) is 10.8. The molecule has 0 saturated carbocycles. The van der Waals surface area contributed by atoms with Gasteiger partial charge in [0, 0.05) is 38.9 Å². The van der Waals surface area contributed by atoms with E-state index in [1.807, 2.05) is 6.07 Å². The maximum atomic E-state index is 6.45. The van der Waals surface area contributed by atoms with E-state index in [0.29, 0.717) is 0 Å². The van der Waals surface area contributed by atoms with E-state index in [1.165, 1.54) is 82.5 Å². The van der Waals surface area contributed by atoms with Gasteiger partial charge >= 0.3 is 0 Å². The second-order valence-electron chi connectivity index (χ2n) is 14.5. The fraction of sp³-hybridized carbons (Fsp3) is 0.0196. The van der Waals surface area contributed by atoms with Crippen LogP contribution >= 0.6 is 0 Å². The van der Waals surface area contributed by atoms with Gasteiger partial charge in [-0.05, 0) is 91.5 Å². The fourth-order valence-electron chi connectivity index (χ4n) is 9.21. The highest BCUT2D eigenvalue weighted by atomic mass is 16.3. The summed E-state index contributed by atoms with van der Waals surface area (Å²) in [5.41, 5.74) is 14.5. The molecule has 0 amide bonds. The van der Waals surface area contributed by atoms with E-state index in [0.717, 1.165) is 27.5 Å². The van der Waals surface area contributed by atoms with Crippen LogP contribution in [0.2, 0.25) is 0 Å². The first-order valence-electron chi connectivity index (χ1n) is 18.4. The van der Waals surface area contributed by atoms with E-state index in [1.54, 1.807) is 0 Å². The van der Waals surface area contributed by atoms with Gasteiger partial charge in [0.15, 0.2) is 0 Å². The lowest BCUT2D eigenvalue weighted by Crippen LogP contribution is -1.99. The van der Waals surface area contributed by atoms with Crippen LogP contribution in [0.5, 0.6) is 0 Å². The van der Waals surface area contributed by atoms with Crippen molar-refractivity contribution in [3.05, 3.63) is 199 Å². The largest absolute Gasteiger partial charge is 0.456 e. The van der Waals surface area contributed by atoms with Crippen LogP contribution < -0.4 is 0 Å². The average Bonchev–Trinajstić information content (AvgIpc) is 3.86. The zero-order valence-corrected chi connectivity index (χ0v) is 28.8. The maximum absolute atomic E-state index is 6.45. The molecular weight excluding hydrogens is 643 g/mol. The van der Waals surface area contributed by atoms with Gasteiger partial charge in [-0.15, -0.1) is 0 Å². The topological polar surface area (TPSA) is 18.1 Å². The van der Waals surface area contributed by atoms with Crippen molar-refractivity contribution in [3.8, 4) is 27.9 Å². The van der Waals surface area contributed by atoms with Gasteiger partial charge in [-0.1, -0.05) is 140 Å². The highest BCUT2D eigenvalue weighted by molar-refractivity contribution is 6.18. The third kappa shape index (κ3) is 4.15. The summed E-state index contributed by atoms with van der Waals surface area (Å²) < 4.78 is 8.87. The number of fused-ring (bicyclic) bond motifs is 11. The number of hydrogen-bond donors (Lipinski definition) is 0. The molecule has 1 unspecified atom stereocenters. The summed E-state index contributed by atoms with van der Waals surface area (Å²) in [7, 11) is 0. The van der Waals surface area contributed by atoms with E-state index in [9.17, 15) is 0 Å². The molecule has 0 saturated heterocycles. The fourth-order valence-corrected chi connectivity index (χ4v) is 9.21. The molecule has 0 N–H and O–H groups in total. The minimum Gasteiger partial charge on any atom is -0.456 e. The van der Waals surface area contributed by atoms with Gasteiger partial charge in [0.2, 0.25) is 0 Å². The lowest BCUT2D eigenvalue weighted by atomic mass is 9.87. The third-order valence-electron chi connectivity index (χ3n) is 11.6. The number of aromatic nitrogens is 1. The molecular formula is C51H31NO. The Balaban J connectivity index is 1.08. The lowest BCUT2D eigenvalue weighted by molar-refractivity contribution is 0.669. The summed E-state index contributed by atoms with van der Waals surface area (Å²) in [6.07, 6.45) is 0. The Hall–Kier alpha value is -6.90. The summed E-state index contributed by atoms with van der Waals surface area (Å²) >= 11 is 0. The Labute approximate surface area is 305 Å². The SMILES string of the molecule is c1ccc2c(c1)-c1cc(-c3ccc4c(c3)c3cc5c(cc3n4-c3cccc4ccccc34)oc3ccccc35)ccc1C2c1ccc2ccccc2c1. The summed E-state index contributed by atoms with van der Waals surface area (Å²) in [6.45, 7) is 0. The predicted molar refractivity (Wildman–Crippen MR) is 221 cm³/mol. The van der Waals surface area contributed by atoms with Gasteiger partial charge in [-0.2, -0.15) is 0 Å². The number of furan rings is 1. The van der Waals surface area contributed by atoms with Crippen LogP contribution in [0.1, 0.15) is 22.6 Å². The van der Waals surface area contributed by atoms with E-state index in [-0.39, 0.29) is 5.92 Å². The molecule has 2 aromatic heterocycles. The third-order valence-corrected chi connectivity index (χ3v) is 11.6. The van der Waals surface area contributed by atoms with E-state index < -0.39 is 0 Å². The first-order chi connectivity index (χ1) is 26.3. The molecule has 246 valence electrons. The highest BCUT2D eigenvalue weighted by Crippen LogP contribution is 2.50. The molecule has 1 atom stereocenters. The second-order valence-corrected chi connectivity index (χ2v) is 14.5. The summed E-state index contributed by atoms with van der Waals surface area (Å²) in [6, 6.07) is 66.9. The Bertz CT molecular complexity index is 3300. The molecule has 53 heavy (non-hydrogen) atoms. The predicted octanol–water partition coefficient (Wildman–Crippen LogP) is 13.8. The van der Waals surface area contributed by atoms with Gasteiger partial charge in [0.05, 0.1) is 16.7 Å². The zero-order chi connectivity index (χ0) is 34.6. The first-order valence-corrected chi connectivity index (χ1v) is 18.4. The molecule has 11 aromatic rings. The number of rotatable bonds is 3. The van der Waals surface area contributed by atoms with Crippen LogP contribution in [0.4, 0.5) is 0 Å². The first kappa shape index (κ1) is 28.8. The molecule has 1 aliphatic rings. The normalized spacial score (nSPS) is 13.8. The van der Waals surface area contributed by atoms with Crippen molar-refractivity contribution < 1.29 is 4.42 Å². The zero-order valence-electron chi connectivity index (χ0n) is 28.8. The van der Waals surface area contributed by atoms with Crippen LogP contribution in [-0.2, 0) is 0 Å². The average molecular weight is 674 g/mol. The van der Waals surface area contributed by atoms with Crippen LogP contribution in [0, 0.1) is 0 Å². The molecule has 2 heteroatoms. The van der Waals surface area contributed by atoms with Gasteiger partial charge in [0.1, 0.15) is 11.2 Å².